The fraction of sp³-hybridized carbons (Fsp3) is 0.429. The first kappa shape index (κ1) is 7.28. The molecule has 1 nitrogen and oxygen atoms in total. The smallest absolute Gasteiger partial charge is 0.000496 e. The number of nitrogens with one attached hydrogen (secondary N) is 1. The molecule has 0 fully saturated rings. The summed E-state index contributed by atoms with van der Waals surface area (Å²) < 4.78 is 0. The van der Waals surface area contributed by atoms with E-state index in [9.17, 15) is 0 Å². The SMILES string of the molecule is CCC.c1cc[nH]c1. The zero-order chi connectivity index (χ0) is 6.24. The lowest BCUT2D eigenvalue weighted by Crippen LogP contribution is -1.38. The molecule has 0 saturated heterocycles. The lowest BCUT2D eigenvalue weighted by atomic mass is 10.6. The number of hydrogen-bond donors (Lipinski definition) is 1. The summed E-state index contributed by atoms with van der Waals surface area (Å²) >= 11 is 0. The third-order valence-electron chi connectivity index (χ3n) is 0.496. The van der Waals surface area contributed by atoms with E-state index in [4.69, 9.17) is 0 Å². The van der Waals surface area contributed by atoms with Crippen LogP contribution in [0, 0.1) is 0 Å². The van der Waals surface area contributed by atoms with Gasteiger partial charge in [-0.3, -0.25) is 0 Å². The van der Waals surface area contributed by atoms with Gasteiger partial charge in [0.1, 0.15) is 0 Å². The molecule has 1 N–H and O–H groups in total. The average molecular weight is 111 g/mol. The van der Waals surface area contributed by atoms with Gasteiger partial charge < -0.3 is 4.98 Å². The van der Waals surface area contributed by atoms with E-state index in [0.29, 0.717) is 0 Å². The molecule has 0 aliphatic carbocycles. The molecule has 0 unspecified atom stereocenters. The molecule has 1 aromatic rings. The molecule has 0 radical (unpaired) electrons. The van der Waals surface area contributed by atoms with Crippen molar-refractivity contribution in [2.45, 2.75) is 20.3 Å². The van der Waals surface area contributed by atoms with E-state index in [0.717, 1.165) is 0 Å². The normalized spacial score (nSPS) is 7.25. The second kappa shape index (κ2) is 6.28. The molecule has 1 heteroatoms. The van der Waals surface area contributed by atoms with Crippen molar-refractivity contribution in [1.29, 1.82) is 0 Å². The van der Waals surface area contributed by atoms with Crippen molar-refractivity contribution in [2.24, 2.45) is 0 Å². The average Bonchev–Trinajstić information content (AvgIpc) is 2.17. The minimum atomic E-state index is 1.25. The van der Waals surface area contributed by atoms with Crippen LogP contribution in [0.25, 0.3) is 0 Å². The molecule has 46 valence electrons. The first-order valence-electron chi connectivity index (χ1n) is 2.99. The topological polar surface area (TPSA) is 15.8 Å². The summed E-state index contributed by atoms with van der Waals surface area (Å²) in [6.45, 7) is 4.25. The lowest BCUT2D eigenvalue weighted by molar-refractivity contribution is 1.09. The maximum Gasteiger partial charge on any atom is 0.000496 e. The highest BCUT2D eigenvalue weighted by Gasteiger charge is 1.55. The van der Waals surface area contributed by atoms with Gasteiger partial charge in [-0.05, 0) is 12.1 Å². The first-order valence-corrected chi connectivity index (χ1v) is 2.99. The monoisotopic (exact) mass is 111 g/mol. The van der Waals surface area contributed by atoms with Gasteiger partial charge in [0.05, 0.1) is 0 Å². The first-order chi connectivity index (χ1) is 3.91. The Kier molecular flexibility index (Phi) is 5.71. The Morgan fingerprint density at radius 3 is 1.62 bits per heavy atom. The Bertz CT molecular complexity index is 71.3. The fourth-order valence-electron chi connectivity index (χ4n) is 0.278. The summed E-state index contributed by atoms with van der Waals surface area (Å²) in [6.07, 6.45) is 5.00. The molecule has 8 heavy (non-hydrogen) atoms. The summed E-state index contributed by atoms with van der Waals surface area (Å²) in [5, 5.41) is 0. The van der Waals surface area contributed by atoms with Crippen molar-refractivity contribution in [3.05, 3.63) is 24.5 Å². The lowest BCUT2D eigenvalue weighted by Gasteiger charge is -1.49. The predicted molar refractivity (Wildman–Crippen MR) is 36.8 cm³/mol. The number of hydrogen-bond acceptors (Lipinski definition) is 0. The van der Waals surface area contributed by atoms with E-state index in [1.807, 2.05) is 24.5 Å². The molecule has 1 rings (SSSR count). The Hall–Kier alpha value is -0.720. The molecule has 0 saturated carbocycles. The number of rotatable bonds is 0. The molecule has 0 aliphatic heterocycles. The number of aromatic nitrogens is 1. The summed E-state index contributed by atoms with van der Waals surface area (Å²) in [5.41, 5.74) is 0. The second-order valence-electron chi connectivity index (χ2n) is 1.59. The summed E-state index contributed by atoms with van der Waals surface area (Å²) in [6, 6.07) is 3.89. The Morgan fingerprint density at radius 2 is 1.50 bits per heavy atom. The van der Waals surface area contributed by atoms with Crippen LogP contribution in [0.15, 0.2) is 24.5 Å². The van der Waals surface area contributed by atoms with Gasteiger partial charge in [0.25, 0.3) is 0 Å². The molecule has 0 aromatic carbocycles. The zero-order valence-corrected chi connectivity index (χ0v) is 5.52. The quantitative estimate of drug-likeness (QED) is 0.529. The molecule has 0 amide bonds. The standard InChI is InChI=1S/C4H5N.C3H8/c1-2-4-5-3-1;1-3-2/h1-5H;3H2,1-2H3. The Labute approximate surface area is 50.7 Å². The van der Waals surface area contributed by atoms with Gasteiger partial charge in [0, 0.05) is 12.4 Å². The van der Waals surface area contributed by atoms with Crippen LogP contribution in [0.1, 0.15) is 20.3 Å². The summed E-state index contributed by atoms with van der Waals surface area (Å²) in [4.78, 5) is 2.86. The van der Waals surface area contributed by atoms with Gasteiger partial charge in [0.15, 0.2) is 0 Å². The van der Waals surface area contributed by atoms with E-state index in [1.54, 1.807) is 0 Å². The van der Waals surface area contributed by atoms with Gasteiger partial charge in [0.2, 0.25) is 0 Å². The molecular weight excluding hydrogens is 98.1 g/mol. The van der Waals surface area contributed by atoms with E-state index < -0.39 is 0 Å². The maximum absolute atomic E-state index is 2.86. The van der Waals surface area contributed by atoms with Crippen molar-refractivity contribution < 1.29 is 0 Å². The number of aromatic amines is 1. The Balaban J connectivity index is 0.000000145. The molecule has 0 atom stereocenters. The van der Waals surface area contributed by atoms with Crippen LogP contribution in [-0.4, -0.2) is 4.98 Å². The van der Waals surface area contributed by atoms with Crippen LogP contribution in [0.5, 0.6) is 0 Å². The third kappa shape index (κ3) is 5.28. The molecular formula is C7H13N. The van der Waals surface area contributed by atoms with Crippen LogP contribution in [-0.2, 0) is 0 Å². The largest absolute Gasteiger partial charge is 0.368 e. The number of H-pyrrole nitrogens is 1. The van der Waals surface area contributed by atoms with Crippen LogP contribution in [0.3, 0.4) is 0 Å². The van der Waals surface area contributed by atoms with Crippen LogP contribution in [0.2, 0.25) is 0 Å². The molecule has 0 aliphatic rings. The van der Waals surface area contributed by atoms with Gasteiger partial charge in [-0.1, -0.05) is 20.3 Å². The van der Waals surface area contributed by atoms with E-state index in [1.165, 1.54) is 6.42 Å². The van der Waals surface area contributed by atoms with Gasteiger partial charge in [-0.25, -0.2) is 0 Å². The fourth-order valence-corrected chi connectivity index (χ4v) is 0.278. The molecule has 1 heterocycles. The van der Waals surface area contributed by atoms with Crippen LogP contribution in [0.4, 0.5) is 0 Å². The van der Waals surface area contributed by atoms with Gasteiger partial charge in [-0.15, -0.1) is 0 Å². The highest BCUT2D eigenvalue weighted by Crippen LogP contribution is 1.72. The van der Waals surface area contributed by atoms with Crippen molar-refractivity contribution in [1.82, 2.24) is 4.98 Å². The van der Waals surface area contributed by atoms with Crippen molar-refractivity contribution in [3.8, 4) is 0 Å². The van der Waals surface area contributed by atoms with Crippen molar-refractivity contribution in [3.63, 3.8) is 0 Å². The van der Waals surface area contributed by atoms with Crippen LogP contribution < -0.4 is 0 Å². The zero-order valence-electron chi connectivity index (χ0n) is 5.52. The maximum atomic E-state index is 2.86. The van der Waals surface area contributed by atoms with Gasteiger partial charge in [-0.2, -0.15) is 0 Å². The minimum Gasteiger partial charge on any atom is -0.368 e. The van der Waals surface area contributed by atoms with Crippen molar-refractivity contribution in [2.75, 3.05) is 0 Å². The predicted octanol–water partition coefficient (Wildman–Crippen LogP) is 2.43. The third-order valence-corrected chi connectivity index (χ3v) is 0.496. The van der Waals surface area contributed by atoms with Gasteiger partial charge >= 0.3 is 0 Å². The highest BCUT2D eigenvalue weighted by atomic mass is 14.6. The van der Waals surface area contributed by atoms with Crippen LogP contribution >= 0.6 is 0 Å². The molecule has 0 bridgehead atoms. The van der Waals surface area contributed by atoms with E-state index >= 15 is 0 Å². The summed E-state index contributed by atoms with van der Waals surface area (Å²) in [7, 11) is 0. The molecule has 0 spiro atoms. The van der Waals surface area contributed by atoms with E-state index in [-0.39, 0.29) is 0 Å². The minimum absolute atomic E-state index is 1.25. The molecule has 1 aromatic heterocycles. The van der Waals surface area contributed by atoms with Crippen molar-refractivity contribution >= 4 is 0 Å². The second-order valence-corrected chi connectivity index (χ2v) is 1.59. The Morgan fingerprint density at radius 1 is 1.12 bits per heavy atom. The summed E-state index contributed by atoms with van der Waals surface area (Å²) in [5.74, 6) is 0. The highest BCUT2D eigenvalue weighted by molar-refractivity contribution is 4.84. The van der Waals surface area contributed by atoms with E-state index in [2.05, 4.69) is 18.8 Å².